The number of imidazole rings is 1. The highest BCUT2D eigenvalue weighted by atomic mass is 35.5. The van der Waals surface area contributed by atoms with Crippen LogP contribution in [0.5, 0.6) is 0 Å². The first-order valence-electron chi connectivity index (χ1n) is 18.2. The summed E-state index contributed by atoms with van der Waals surface area (Å²) in [6.45, 7) is 3.66. The van der Waals surface area contributed by atoms with E-state index >= 15 is 0 Å². The minimum absolute atomic E-state index is 0.0203. The van der Waals surface area contributed by atoms with Gasteiger partial charge in [0.25, 0.3) is 5.91 Å². The van der Waals surface area contributed by atoms with Crippen LogP contribution in [0.2, 0.25) is 10.3 Å². The lowest BCUT2D eigenvalue weighted by Gasteiger charge is -2.33. The monoisotopic (exact) mass is 777 g/mol. The third kappa shape index (κ3) is 5.86. The average Bonchev–Trinajstić information content (AvgIpc) is 3.86. The molecule has 1 saturated heterocycles. The molecule has 55 heavy (non-hydrogen) atoms. The van der Waals surface area contributed by atoms with Gasteiger partial charge in [0.05, 0.1) is 30.5 Å². The fourth-order valence-corrected chi connectivity index (χ4v) is 8.66. The number of nitriles is 1. The molecule has 15 heteroatoms. The molecule has 0 atom stereocenters. The van der Waals surface area contributed by atoms with E-state index in [4.69, 9.17) is 23.2 Å². The van der Waals surface area contributed by atoms with Gasteiger partial charge in [-0.05, 0) is 105 Å². The minimum atomic E-state index is -0.891. The van der Waals surface area contributed by atoms with Gasteiger partial charge in [-0.1, -0.05) is 17.7 Å². The van der Waals surface area contributed by atoms with Gasteiger partial charge in [-0.2, -0.15) is 10.2 Å². The molecule has 9 rings (SSSR count). The lowest BCUT2D eigenvalue weighted by molar-refractivity contribution is -0.136. The fourth-order valence-electron chi connectivity index (χ4n) is 8.30. The molecule has 3 aliphatic rings. The summed E-state index contributed by atoms with van der Waals surface area (Å²) in [4.78, 5) is 58.4. The number of halogens is 3. The minimum Gasteiger partial charge on any atom is -0.341 e. The van der Waals surface area contributed by atoms with Crippen LogP contribution in [-0.2, 0) is 24.3 Å². The zero-order chi connectivity index (χ0) is 38.2. The number of nitrogens with zero attached hydrogens (tertiary/aromatic N) is 9. The molecule has 1 saturated carbocycles. The molecule has 2 fully saturated rings. The quantitative estimate of drug-likeness (QED) is 0.179. The lowest BCUT2D eigenvalue weighted by atomic mass is 10.0. The first-order valence-corrected chi connectivity index (χ1v) is 19.0. The van der Waals surface area contributed by atoms with Crippen LogP contribution in [0.1, 0.15) is 64.6 Å². The van der Waals surface area contributed by atoms with Gasteiger partial charge in [-0.3, -0.25) is 18.7 Å². The Morgan fingerprint density at radius 1 is 1.00 bits per heavy atom. The Hall–Kier alpha value is -5.58. The molecule has 1 aliphatic carbocycles. The van der Waals surface area contributed by atoms with Gasteiger partial charge in [0.1, 0.15) is 22.4 Å². The molecule has 2 amide bonds. The Balaban J connectivity index is 0.998. The van der Waals surface area contributed by atoms with E-state index in [0.29, 0.717) is 97.0 Å². The predicted molar refractivity (Wildman–Crippen MR) is 204 cm³/mol. The van der Waals surface area contributed by atoms with Gasteiger partial charge < -0.3 is 14.4 Å². The largest absolute Gasteiger partial charge is 0.341 e. The van der Waals surface area contributed by atoms with Crippen molar-refractivity contribution in [2.24, 2.45) is 5.41 Å². The van der Waals surface area contributed by atoms with Crippen molar-refractivity contribution in [1.29, 1.82) is 5.26 Å². The van der Waals surface area contributed by atoms with E-state index in [1.807, 2.05) is 16.7 Å². The van der Waals surface area contributed by atoms with Crippen LogP contribution < -0.4 is 5.69 Å². The maximum Gasteiger partial charge on any atom is 0.335 e. The summed E-state index contributed by atoms with van der Waals surface area (Å²) < 4.78 is 20.1. The Morgan fingerprint density at radius 2 is 1.76 bits per heavy atom. The van der Waals surface area contributed by atoms with Crippen molar-refractivity contribution in [2.45, 2.75) is 58.2 Å². The number of pyridine rings is 1. The Kier molecular flexibility index (Phi) is 8.51. The van der Waals surface area contributed by atoms with E-state index in [2.05, 4.69) is 21.0 Å². The third-order valence-corrected chi connectivity index (χ3v) is 11.8. The Morgan fingerprint density at radius 3 is 2.47 bits per heavy atom. The molecule has 0 spiro atoms. The zero-order valence-corrected chi connectivity index (χ0v) is 31.3. The molecule has 6 heterocycles. The number of carbonyl (C=O) groups is 2. The molecular weight excluding hydrogens is 744 g/mol. The molecule has 2 aromatic carbocycles. The number of fused-ring (bicyclic) bond motifs is 4. The second kappa shape index (κ2) is 13.3. The highest BCUT2D eigenvalue weighted by molar-refractivity contribution is 6.30. The number of rotatable bonds is 6. The molecule has 0 radical (unpaired) electrons. The Labute approximate surface area is 324 Å². The van der Waals surface area contributed by atoms with Crippen LogP contribution in [0.3, 0.4) is 0 Å². The summed E-state index contributed by atoms with van der Waals surface area (Å²) in [5.41, 5.74) is 4.40. The number of amides is 2. The van der Waals surface area contributed by atoms with E-state index in [0.717, 1.165) is 22.3 Å². The number of likely N-dealkylation sites (tertiary alicyclic amines) is 1. The highest BCUT2D eigenvalue weighted by Gasteiger charge is 2.53. The number of aromatic nitrogens is 6. The van der Waals surface area contributed by atoms with Gasteiger partial charge in [0.2, 0.25) is 11.2 Å². The van der Waals surface area contributed by atoms with Crippen molar-refractivity contribution in [1.82, 2.24) is 38.5 Å². The topological polar surface area (TPSA) is 135 Å². The maximum absolute atomic E-state index is 15.0. The van der Waals surface area contributed by atoms with Crippen molar-refractivity contribution in [2.75, 3.05) is 19.6 Å². The lowest BCUT2D eigenvalue weighted by Crippen LogP contribution is -2.43. The van der Waals surface area contributed by atoms with Crippen LogP contribution in [0.15, 0.2) is 65.6 Å². The average molecular weight is 779 g/mol. The molecule has 12 nitrogen and oxygen atoms in total. The van der Waals surface area contributed by atoms with E-state index in [-0.39, 0.29) is 35.4 Å². The van der Waals surface area contributed by atoms with E-state index in [1.165, 1.54) is 6.07 Å². The summed E-state index contributed by atoms with van der Waals surface area (Å²) in [5.74, 6) is -0.710. The van der Waals surface area contributed by atoms with Crippen molar-refractivity contribution in [3.8, 4) is 11.8 Å². The number of aryl methyl sites for hydroxylation is 1. The fraction of sp³-hybridized carbons (Fsp3) is 0.325. The molecule has 0 bridgehead atoms. The standard InChI is InChI=1S/C40H34Cl2FN9O3/c1-23-33-35(47-38(42)46-23)52(28-10-16-48(17-11-28)37(54)40(22-44)13-14-40)39(55)51(33)27-8-5-24(6-9-27)36(53)49-18-12-29-30-3-2-15-45-34(30)50(32(29)21-49)20-25-4-7-26(41)19-31(25)43/h2-9,15,19,28H,10-14,16-18,20-21H2,1H3. The second-order valence-corrected chi connectivity index (χ2v) is 15.4. The van der Waals surface area contributed by atoms with Crippen LogP contribution in [0.25, 0.3) is 27.9 Å². The van der Waals surface area contributed by atoms with Crippen molar-refractivity contribution >= 4 is 57.2 Å². The van der Waals surface area contributed by atoms with Gasteiger partial charge in [-0.25, -0.2) is 19.2 Å². The number of carbonyl (C=O) groups excluding carboxylic acids is 2. The first kappa shape index (κ1) is 35.1. The van der Waals surface area contributed by atoms with Gasteiger partial charge in [-0.15, -0.1) is 0 Å². The number of hydrogen-bond acceptors (Lipinski definition) is 7. The molecular formula is C40H34Cl2FN9O3. The van der Waals surface area contributed by atoms with Crippen molar-refractivity contribution < 1.29 is 14.0 Å². The Bertz CT molecular complexity index is 2670. The van der Waals surface area contributed by atoms with Crippen molar-refractivity contribution in [3.63, 3.8) is 0 Å². The number of hydrogen-bond donors (Lipinski definition) is 0. The van der Waals surface area contributed by atoms with Gasteiger partial charge in [0, 0.05) is 59.1 Å². The normalized spacial score (nSPS) is 16.7. The number of benzene rings is 2. The maximum atomic E-state index is 15.0. The smallest absolute Gasteiger partial charge is 0.335 e. The zero-order valence-electron chi connectivity index (χ0n) is 29.8. The number of piperidine rings is 1. The van der Waals surface area contributed by atoms with Crippen LogP contribution >= 0.6 is 23.2 Å². The summed E-state index contributed by atoms with van der Waals surface area (Å²) in [7, 11) is 0. The van der Waals surface area contributed by atoms with Crippen molar-refractivity contribution in [3.05, 3.63) is 115 Å². The second-order valence-electron chi connectivity index (χ2n) is 14.6. The summed E-state index contributed by atoms with van der Waals surface area (Å²) in [6, 6.07) is 17.4. The summed E-state index contributed by atoms with van der Waals surface area (Å²) in [6.07, 6.45) is 4.53. The third-order valence-electron chi connectivity index (χ3n) is 11.4. The predicted octanol–water partition coefficient (Wildman–Crippen LogP) is 6.40. The molecule has 4 aromatic heterocycles. The van der Waals surface area contributed by atoms with Crippen LogP contribution in [-0.4, -0.2) is 69.9 Å². The van der Waals surface area contributed by atoms with E-state index in [1.54, 1.807) is 68.5 Å². The summed E-state index contributed by atoms with van der Waals surface area (Å²) in [5, 5.41) is 10.9. The SMILES string of the molecule is Cc1nc(Cl)nc2c1n(-c1ccc(C(=O)N3CCc4c(n(Cc5ccc(Cl)cc5F)c5ncccc45)C3)cc1)c(=O)n2C1CCN(C(=O)C2(C#N)CC2)CC1. The highest BCUT2D eigenvalue weighted by Crippen LogP contribution is 2.47. The summed E-state index contributed by atoms with van der Waals surface area (Å²) >= 11 is 12.4. The molecule has 6 aromatic rings. The van der Waals surface area contributed by atoms with Gasteiger partial charge >= 0.3 is 5.69 Å². The molecule has 0 unspecified atom stereocenters. The van der Waals surface area contributed by atoms with Gasteiger partial charge in [0.15, 0.2) is 5.65 Å². The van der Waals surface area contributed by atoms with Crippen LogP contribution in [0.4, 0.5) is 4.39 Å². The molecule has 2 aliphatic heterocycles. The van der Waals surface area contributed by atoms with E-state index in [9.17, 15) is 24.0 Å². The molecule has 278 valence electrons. The van der Waals surface area contributed by atoms with E-state index < -0.39 is 11.2 Å². The first-order chi connectivity index (χ1) is 26.6. The molecule has 0 N–H and O–H groups in total. The van der Waals surface area contributed by atoms with Crippen LogP contribution in [0, 0.1) is 29.5 Å².